The summed E-state index contributed by atoms with van der Waals surface area (Å²) in [6.45, 7) is 6.03. The highest BCUT2D eigenvalue weighted by molar-refractivity contribution is 7.92. The van der Waals surface area contributed by atoms with E-state index in [4.69, 9.17) is 4.98 Å². The van der Waals surface area contributed by atoms with E-state index < -0.39 is 10.0 Å². The van der Waals surface area contributed by atoms with Crippen molar-refractivity contribution in [2.75, 3.05) is 42.1 Å². The average Bonchev–Trinajstić information content (AvgIpc) is 3.33. The van der Waals surface area contributed by atoms with Crippen LogP contribution in [0.5, 0.6) is 0 Å². The number of sulfonamides is 1. The summed E-state index contributed by atoms with van der Waals surface area (Å²) >= 11 is 1.63. The van der Waals surface area contributed by atoms with Gasteiger partial charge in [-0.1, -0.05) is 13.0 Å². The Labute approximate surface area is 171 Å². The van der Waals surface area contributed by atoms with Gasteiger partial charge in [0, 0.05) is 30.1 Å². The van der Waals surface area contributed by atoms with Gasteiger partial charge >= 0.3 is 0 Å². The Morgan fingerprint density at radius 3 is 2.93 bits per heavy atom. The second kappa shape index (κ2) is 8.00. The lowest BCUT2D eigenvalue weighted by molar-refractivity contribution is 0.277. The molecule has 1 aromatic heterocycles. The van der Waals surface area contributed by atoms with Crippen LogP contribution in [0.2, 0.25) is 0 Å². The molecular formula is C20H28N4O2S2. The molecule has 0 amide bonds. The highest BCUT2D eigenvalue weighted by Crippen LogP contribution is 2.34. The number of hydrogen-bond acceptors (Lipinski definition) is 6. The normalized spacial score (nSPS) is 20.4. The Balaban J connectivity index is 1.48. The van der Waals surface area contributed by atoms with Crippen molar-refractivity contribution in [3.63, 3.8) is 0 Å². The summed E-state index contributed by atoms with van der Waals surface area (Å²) in [6.07, 6.45) is 5.56. The second-order valence-corrected chi connectivity index (χ2v) is 10.4. The summed E-state index contributed by atoms with van der Waals surface area (Å²) in [5.74, 6) is 0. The first-order valence-corrected chi connectivity index (χ1v) is 12.7. The first kappa shape index (κ1) is 19.7. The molecule has 1 N–H and O–H groups in total. The van der Waals surface area contributed by atoms with Gasteiger partial charge in [0.05, 0.1) is 17.6 Å². The van der Waals surface area contributed by atoms with Crippen LogP contribution in [0.4, 0.5) is 10.8 Å². The summed E-state index contributed by atoms with van der Waals surface area (Å²) < 4.78 is 25.6. The molecule has 2 aliphatic heterocycles. The summed E-state index contributed by atoms with van der Waals surface area (Å²) in [6, 6.07) is 6.61. The van der Waals surface area contributed by atoms with Crippen molar-refractivity contribution in [1.29, 1.82) is 0 Å². The lowest BCUT2D eigenvalue weighted by Crippen LogP contribution is -2.34. The van der Waals surface area contributed by atoms with Crippen molar-refractivity contribution >= 4 is 32.2 Å². The maximum atomic E-state index is 12.0. The van der Waals surface area contributed by atoms with E-state index in [9.17, 15) is 8.42 Å². The number of fused-ring (bicyclic) bond motifs is 1. The zero-order valence-corrected chi connectivity index (χ0v) is 18.2. The number of benzene rings is 1. The van der Waals surface area contributed by atoms with Gasteiger partial charge in [-0.25, -0.2) is 13.4 Å². The third-order valence-corrected chi connectivity index (χ3v) is 7.73. The summed E-state index contributed by atoms with van der Waals surface area (Å²) in [5.41, 5.74) is 3.90. The Kier molecular flexibility index (Phi) is 5.62. The van der Waals surface area contributed by atoms with Crippen molar-refractivity contribution < 1.29 is 8.42 Å². The Bertz CT molecular complexity index is 941. The van der Waals surface area contributed by atoms with Gasteiger partial charge in [0.25, 0.3) is 0 Å². The average molecular weight is 421 g/mol. The van der Waals surface area contributed by atoms with Gasteiger partial charge in [0.1, 0.15) is 0 Å². The number of anilines is 2. The largest absolute Gasteiger partial charge is 0.360 e. The third kappa shape index (κ3) is 4.04. The van der Waals surface area contributed by atoms with Gasteiger partial charge < -0.3 is 5.32 Å². The van der Waals surface area contributed by atoms with E-state index in [1.807, 2.05) is 12.1 Å². The van der Waals surface area contributed by atoms with Gasteiger partial charge in [-0.3, -0.25) is 9.21 Å². The molecule has 1 fully saturated rings. The minimum Gasteiger partial charge on any atom is -0.360 e. The number of nitrogens with zero attached hydrogens (tertiary/aromatic N) is 3. The molecule has 8 heteroatoms. The maximum Gasteiger partial charge on any atom is 0.232 e. The molecule has 28 heavy (non-hydrogen) atoms. The molecule has 0 radical (unpaired) electrons. The fourth-order valence-corrected chi connectivity index (χ4v) is 6.03. The lowest BCUT2D eigenvalue weighted by Gasteiger charge is -2.29. The van der Waals surface area contributed by atoms with Gasteiger partial charge in [0.2, 0.25) is 10.0 Å². The van der Waals surface area contributed by atoms with Gasteiger partial charge in [-0.05, 0) is 56.5 Å². The molecular weight excluding hydrogens is 392 g/mol. The molecule has 0 spiro atoms. The number of thiazole rings is 1. The zero-order valence-electron chi connectivity index (χ0n) is 16.5. The summed E-state index contributed by atoms with van der Waals surface area (Å²) in [5, 5.41) is 6.54. The first-order valence-electron chi connectivity index (χ1n) is 10.00. The number of rotatable bonds is 6. The molecule has 2 aliphatic rings. The van der Waals surface area contributed by atoms with Gasteiger partial charge in [-0.15, -0.1) is 11.3 Å². The van der Waals surface area contributed by atoms with Crippen LogP contribution >= 0.6 is 11.3 Å². The Hall–Kier alpha value is -1.64. The Morgan fingerprint density at radius 1 is 1.29 bits per heavy atom. The monoisotopic (exact) mass is 420 g/mol. The topological polar surface area (TPSA) is 65.5 Å². The Morgan fingerprint density at radius 2 is 2.14 bits per heavy atom. The van der Waals surface area contributed by atoms with Crippen LogP contribution < -0.4 is 9.62 Å². The number of aryl methyl sites for hydroxylation is 1. The van der Waals surface area contributed by atoms with Crippen molar-refractivity contribution in [2.45, 2.75) is 38.6 Å². The molecule has 0 bridgehead atoms. The van der Waals surface area contributed by atoms with Crippen LogP contribution in [-0.4, -0.2) is 56.8 Å². The van der Waals surface area contributed by atoms with E-state index in [2.05, 4.69) is 28.6 Å². The van der Waals surface area contributed by atoms with E-state index in [-0.39, 0.29) is 0 Å². The van der Waals surface area contributed by atoms with Crippen LogP contribution in [0.25, 0.3) is 11.3 Å². The third-order valence-electron chi connectivity index (χ3n) is 5.75. The highest BCUT2D eigenvalue weighted by atomic mass is 32.2. The molecule has 6 nitrogen and oxygen atoms in total. The maximum absolute atomic E-state index is 12.0. The van der Waals surface area contributed by atoms with Crippen LogP contribution in [0, 0.1) is 0 Å². The number of nitrogens with one attached hydrogen (secondary N) is 1. The van der Waals surface area contributed by atoms with E-state index in [0.29, 0.717) is 12.6 Å². The highest BCUT2D eigenvalue weighted by Gasteiger charge is 2.25. The van der Waals surface area contributed by atoms with E-state index >= 15 is 0 Å². The van der Waals surface area contributed by atoms with Crippen molar-refractivity contribution in [2.24, 2.45) is 0 Å². The second-order valence-electron chi connectivity index (χ2n) is 7.63. The molecule has 1 aromatic carbocycles. The van der Waals surface area contributed by atoms with Crippen molar-refractivity contribution in [3.05, 3.63) is 29.1 Å². The molecule has 4 rings (SSSR count). The van der Waals surface area contributed by atoms with Crippen molar-refractivity contribution in [1.82, 2.24) is 9.88 Å². The molecule has 0 aliphatic carbocycles. The van der Waals surface area contributed by atoms with E-state index in [0.717, 1.165) is 53.6 Å². The number of aromatic nitrogens is 1. The standard InChI is InChI=1S/C20H28N4O2S2/c1-3-23-10-5-7-17(23)13-21-20-22-18(14-27-20)15-8-9-19-16(12-15)6-4-11-24(19)28(2,25)26/h8-9,12,14,17H,3-7,10-11,13H2,1-2H3,(H,21,22)/t17-/m1/s1. The summed E-state index contributed by atoms with van der Waals surface area (Å²) in [4.78, 5) is 7.29. The first-order chi connectivity index (χ1) is 13.5. The molecule has 2 aromatic rings. The lowest BCUT2D eigenvalue weighted by atomic mass is 10.00. The smallest absolute Gasteiger partial charge is 0.232 e. The SMILES string of the molecule is CCN1CCC[C@@H]1CNc1nc(-c2ccc3c(c2)CCCN3S(C)(=O)=O)cs1. The number of hydrogen-bond donors (Lipinski definition) is 1. The molecule has 3 heterocycles. The quantitative estimate of drug-likeness (QED) is 0.776. The van der Waals surface area contributed by atoms with Crippen LogP contribution in [-0.2, 0) is 16.4 Å². The fourth-order valence-electron chi connectivity index (χ4n) is 4.30. The predicted octanol–water partition coefficient (Wildman–Crippen LogP) is 3.42. The van der Waals surface area contributed by atoms with Crippen LogP contribution in [0.1, 0.15) is 31.7 Å². The number of likely N-dealkylation sites (tertiary alicyclic amines) is 1. The fraction of sp³-hybridized carbons (Fsp3) is 0.550. The molecule has 0 unspecified atom stereocenters. The van der Waals surface area contributed by atoms with Gasteiger partial charge in [-0.2, -0.15) is 0 Å². The molecule has 152 valence electrons. The summed E-state index contributed by atoms with van der Waals surface area (Å²) in [7, 11) is -3.23. The minimum absolute atomic E-state index is 0.561. The molecule has 0 saturated carbocycles. The molecule has 1 atom stereocenters. The predicted molar refractivity (Wildman–Crippen MR) is 117 cm³/mol. The van der Waals surface area contributed by atoms with Crippen LogP contribution in [0.3, 0.4) is 0 Å². The minimum atomic E-state index is -3.23. The van der Waals surface area contributed by atoms with E-state index in [1.165, 1.54) is 29.9 Å². The zero-order chi connectivity index (χ0) is 19.7. The van der Waals surface area contributed by atoms with E-state index in [1.54, 1.807) is 11.3 Å². The number of likely N-dealkylation sites (N-methyl/N-ethyl adjacent to an activating group) is 1. The van der Waals surface area contributed by atoms with Crippen LogP contribution in [0.15, 0.2) is 23.6 Å². The van der Waals surface area contributed by atoms with Gasteiger partial charge in [0.15, 0.2) is 5.13 Å². The molecule has 1 saturated heterocycles. The van der Waals surface area contributed by atoms with Crippen molar-refractivity contribution in [3.8, 4) is 11.3 Å².